The van der Waals surface area contributed by atoms with E-state index in [1.165, 1.54) is 12.6 Å². The van der Waals surface area contributed by atoms with Gasteiger partial charge in [-0.2, -0.15) is 0 Å². The zero-order valence-electron chi connectivity index (χ0n) is 22.9. The molecule has 3 aromatic rings. The number of ether oxygens (including phenoxy) is 2. The Kier molecular flexibility index (Phi) is 11.1. The number of benzene rings is 3. The van der Waals surface area contributed by atoms with Crippen LogP contribution in [-0.4, -0.2) is 58.3 Å². The molecular formula is C32H38N2O4. The number of ketones is 1. The summed E-state index contributed by atoms with van der Waals surface area (Å²) in [6.45, 7) is 9.84. The second kappa shape index (κ2) is 14.7. The molecule has 6 heteroatoms. The van der Waals surface area contributed by atoms with Crippen molar-refractivity contribution in [3.8, 4) is 0 Å². The van der Waals surface area contributed by atoms with Gasteiger partial charge in [0, 0.05) is 43.7 Å². The van der Waals surface area contributed by atoms with Gasteiger partial charge in [-0.15, -0.1) is 0 Å². The second-order valence-corrected chi connectivity index (χ2v) is 8.94. The minimum absolute atomic E-state index is 0.0373. The molecule has 0 amide bonds. The SMILES string of the molecule is CCN(CC)c1ccc(/C=C/c2ccc(N(CCOC)CCOC(=O)c3ccc(C(C)=O)cc3)cc2)cc1. The van der Waals surface area contributed by atoms with Crippen molar-refractivity contribution in [1.29, 1.82) is 0 Å². The molecule has 0 N–H and O–H groups in total. The summed E-state index contributed by atoms with van der Waals surface area (Å²) in [7, 11) is 1.67. The van der Waals surface area contributed by atoms with Crippen LogP contribution in [0.5, 0.6) is 0 Å². The third-order valence-corrected chi connectivity index (χ3v) is 6.43. The second-order valence-electron chi connectivity index (χ2n) is 8.94. The highest BCUT2D eigenvalue weighted by Gasteiger charge is 2.11. The first-order valence-electron chi connectivity index (χ1n) is 13.1. The summed E-state index contributed by atoms with van der Waals surface area (Å²) < 4.78 is 10.8. The van der Waals surface area contributed by atoms with Crippen LogP contribution in [0.2, 0.25) is 0 Å². The molecule has 0 radical (unpaired) electrons. The first-order valence-corrected chi connectivity index (χ1v) is 13.1. The lowest BCUT2D eigenvalue weighted by atomic mass is 10.1. The highest BCUT2D eigenvalue weighted by atomic mass is 16.5. The van der Waals surface area contributed by atoms with Gasteiger partial charge in [-0.05, 0) is 68.3 Å². The van der Waals surface area contributed by atoms with Crippen molar-refractivity contribution < 1.29 is 19.1 Å². The maximum absolute atomic E-state index is 12.4. The number of nitrogens with zero attached hydrogens (tertiary/aromatic N) is 2. The zero-order chi connectivity index (χ0) is 27.3. The van der Waals surface area contributed by atoms with Gasteiger partial charge in [-0.25, -0.2) is 4.79 Å². The van der Waals surface area contributed by atoms with Crippen molar-refractivity contribution in [2.24, 2.45) is 0 Å². The molecule has 0 saturated carbocycles. The molecule has 0 fully saturated rings. The number of Topliss-reactive ketones (excluding diaryl/α,β-unsaturated/α-hetero) is 1. The van der Waals surface area contributed by atoms with Crippen molar-refractivity contribution >= 4 is 35.3 Å². The molecule has 0 aliphatic heterocycles. The Morgan fingerprint density at radius 1 is 0.684 bits per heavy atom. The fourth-order valence-corrected chi connectivity index (χ4v) is 4.12. The van der Waals surface area contributed by atoms with E-state index in [9.17, 15) is 9.59 Å². The van der Waals surface area contributed by atoms with Crippen LogP contribution in [0.3, 0.4) is 0 Å². The largest absolute Gasteiger partial charge is 0.460 e. The zero-order valence-corrected chi connectivity index (χ0v) is 22.9. The molecule has 0 atom stereocenters. The fraction of sp³-hybridized carbons (Fsp3) is 0.312. The van der Waals surface area contributed by atoms with Gasteiger partial charge in [0.15, 0.2) is 5.78 Å². The maximum atomic E-state index is 12.4. The third kappa shape index (κ3) is 8.32. The number of anilines is 2. The number of carbonyl (C=O) groups excluding carboxylic acids is 2. The molecule has 0 spiro atoms. The normalized spacial score (nSPS) is 10.9. The monoisotopic (exact) mass is 514 g/mol. The van der Waals surface area contributed by atoms with Crippen LogP contribution in [0, 0.1) is 0 Å². The van der Waals surface area contributed by atoms with E-state index < -0.39 is 5.97 Å². The molecule has 0 aromatic heterocycles. The van der Waals surface area contributed by atoms with Gasteiger partial charge in [-0.1, -0.05) is 48.6 Å². The van der Waals surface area contributed by atoms with Crippen molar-refractivity contribution in [3.63, 3.8) is 0 Å². The summed E-state index contributed by atoms with van der Waals surface area (Å²) in [5, 5.41) is 0. The molecule has 0 aliphatic carbocycles. The van der Waals surface area contributed by atoms with Crippen LogP contribution in [0.25, 0.3) is 12.2 Å². The molecule has 0 bridgehead atoms. The molecule has 200 valence electrons. The van der Waals surface area contributed by atoms with Crippen molar-refractivity contribution in [2.75, 3.05) is 56.3 Å². The summed E-state index contributed by atoms with van der Waals surface area (Å²) in [5.41, 5.74) is 5.53. The number of rotatable bonds is 14. The summed E-state index contributed by atoms with van der Waals surface area (Å²) in [6, 6.07) is 23.4. The molecular weight excluding hydrogens is 476 g/mol. The highest BCUT2D eigenvalue weighted by molar-refractivity contribution is 5.96. The minimum Gasteiger partial charge on any atom is -0.460 e. The van der Waals surface area contributed by atoms with E-state index in [4.69, 9.17) is 9.47 Å². The van der Waals surface area contributed by atoms with Gasteiger partial charge >= 0.3 is 5.97 Å². The van der Waals surface area contributed by atoms with Crippen molar-refractivity contribution in [3.05, 3.63) is 95.1 Å². The van der Waals surface area contributed by atoms with E-state index in [-0.39, 0.29) is 12.4 Å². The molecule has 0 unspecified atom stereocenters. The molecule has 0 aliphatic rings. The number of carbonyl (C=O) groups is 2. The van der Waals surface area contributed by atoms with Crippen LogP contribution in [0.15, 0.2) is 72.8 Å². The van der Waals surface area contributed by atoms with Crippen LogP contribution >= 0.6 is 0 Å². The lowest BCUT2D eigenvalue weighted by Gasteiger charge is -2.24. The van der Waals surface area contributed by atoms with Crippen LogP contribution < -0.4 is 9.80 Å². The topological polar surface area (TPSA) is 59.1 Å². The predicted molar refractivity (Wildman–Crippen MR) is 156 cm³/mol. The number of hydrogen-bond donors (Lipinski definition) is 0. The number of hydrogen-bond acceptors (Lipinski definition) is 6. The number of esters is 1. The van der Waals surface area contributed by atoms with Gasteiger partial charge in [0.25, 0.3) is 0 Å². The summed E-state index contributed by atoms with van der Waals surface area (Å²) >= 11 is 0. The molecule has 6 nitrogen and oxygen atoms in total. The predicted octanol–water partition coefficient (Wildman–Crippen LogP) is 6.22. The Bertz CT molecular complexity index is 1180. The van der Waals surface area contributed by atoms with Gasteiger partial charge in [0.1, 0.15) is 6.61 Å². The average molecular weight is 515 g/mol. The van der Waals surface area contributed by atoms with Crippen molar-refractivity contribution in [1.82, 2.24) is 0 Å². The standard InChI is InChI=1S/C32H38N2O4/c1-5-33(6-2)30-17-9-26(10-18-30)7-8-27-11-19-31(20-12-27)34(21-23-37-4)22-24-38-32(36)29-15-13-28(14-16-29)25(3)35/h7-20H,5-6,21-24H2,1-4H3/b8-7+. The van der Waals surface area contributed by atoms with Gasteiger partial charge in [0.2, 0.25) is 0 Å². The van der Waals surface area contributed by atoms with E-state index >= 15 is 0 Å². The molecule has 3 rings (SSSR count). The van der Waals surface area contributed by atoms with Crippen molar-refractivity contribution in [2.45, 2.75) is 20.8 Å². The Labute approximate surface area is 226 Å². The minimum atomic E-state index is -0.405. The van der Waals surface area contributed by atoms with Crippen LogP contribution in [-0.2, 0) is 9.47 Å². The van der Waals surface area contributed by atoms with Gasteiger partial charge < -0.3 is 19.3 Å². The van der Waals surface area contributed by atoms with Crippen LogP contribution in [0.1, 0.15) is 52.6 Å². The fourth-order valence-electron chi connectivity index (χ4n) is 4.12. The third-order valence-electron chi connectivity index (χ3n) is 6.43. The Morgan fingerprint density at radius 2 is 1.16 bits per heavy atom. The van der Waals surface area contributed by atoms with Gasteiger partial charge in [-0.3, -0.25) is 4.79 Å². The van der Waals surface area contributed by atoms with E-state index in [2.05, 4.69) is 84.3 Å². The summed E-state index contributed by atoms with van der Waals surface area (Å²) in [6.07, 6.45) is 4.22. The lowest BCUT2D eigenvalue weighted by Crippen LogP contribution is -2.31. The quantitative estimate of drug-likeness (QED) is 0.145. The summed E-state index contributed by atoms with van der Waals surface area (Å²) in [4.78, 5) is 28.3. The Balaban J connectivity index is 1.58. The highest BCUT2D eigenvalue weighted by Crippen LogP contribution is 2.19. The lowest BCUT2D eigenvalue weighted by molar-refractivity contribution is 0.0513. The molecule has 38 heavy (non-hydrogen) atoms. The smallest absolute Gasteiger partial charge is 0.338 e. The number of methoxy groups -OCH3 is 1. The first kappa shape index (κ1) is 28.7. The maximum Gasteiger partial charge on any atom is 0.338 e. The van der Waals surface area contributed by atoms with E-state index in [1.54, 1.807) is 31.4 Å². The first-order chi connectivity index (χ1) is 18.4. The Hall–Kier alpha value is -3.90. The molecule has 0 heterocycles. The summed E-state index contributed by atoms with van der Waals surface area (Å²) in [5.74, 6) is -0.442. The van der Waals surface area contributed by atoms with E-state index in [1.807, 2.05) is 0 Å². The average Bonchev–Trinajstić information content (AvgIpc) is 2.95. The molecule has 0 saturated heterocycles. The molecule has 3 aromatic carbocycles. The van der Waals surface area contributed by atoms with E-state index in [0.717, 1.165) is 29.9 Å². The van der Waals surface area contributed by atoms with Gasteiger partial charge in [0.05, 0.1) is 18.7 Å². The van der Waals surface area contributed by atoms with Crippen LogP contribution in [0.4, 0.5) is 11.4 Å². The van der Waals surface area contributed by atoms with E-state index in [0.29, 0.717) is 30.8 Å². The Morgan fingerprint density at radius 3 is 1.63 bits per heavy atom.